The van der Waals surface area contributed by atoms with Gasteiger partial charge in [-0.2, -0.15) is 0 Å². The summed E-state index contributed by atoms with van der Waals surface area (Å²) in [6, 6.07) is 6.61. The summed E-state index contributed by atoms with van der Waals surface area (Å²) in [5.74, 6) is -2.67. The van der Waals surface area contributed by atoms with Crippen molar-refractivity contribution in [1.82, 2.24) is 9.97 Å². The van der Waals surface area contributed by atoms with Crippen LogP contribution in [0.15, 0.2) is 48.9 Å². The van der Waals surface area contributed by atoms with E-state index in [0.717, 1.165) is 25.0 Å². The van der Waals surface area contributed by atoms with E-state index < -0.39 is 17.5 Å². The van der Waals surface area contributed by atoms with Crippen LogP contribution in [0.1, 0.15) is 23.2 Å². The monoisotopic (exact) mass is 394 g/mol. The fourth-order valence-electron chi connectivity index (χ4n) is 3.03. The van der Waals surface area contributed by atoms with Gasteiger partial charge in [0, 0.05) is 41.2 Å². The van der Waals surface area contributed by atoms with Crippen LogP contribution in [0.3, 0.4) is 0 Å². The molecule has 0 saturated heterocycles. The lowest BCUT2D eigenvalue weighted by Gasteiger charge is -2.14. The fourth-order valence-corrected chi connectivity index (χ4v) is 3.03. The van der Waals surface area contributed by atoms with Crippen molar-refractivity contribution in [3.63, 3.8) is 0 Å². The lowest BCUT2D eigenvalue weighted by molar-refractivity contribution is -0.117. The smallest absolute Gasteiger partial charge is 0.249 e. The minimum Gasteiger partial charge on any atom is -0.366 e. The van der Waals surface area contributed by atoms with Crippen molar-refractivity contribution in [1.29, 1.82) is 0 Å². The van der Waals surface area contributed by atoms with Crippen LogP contribution in [0.4, 0.5) is 14.6 Å². The number of hydrogen-bond donors (Lipinski definition) is 2. The van der Waals surface area contributed by atoms with Crippen molar-refractivity contribution in [3.8, 4) is 22.3 Å². The third-order valence-electron chi connectivity index (χ3n) is 4.69. The fraction of sp³-hybridized carbons (Fsp3) is 0.143. The number of halogens is 2. The van der Waals surface area contributed by atoms with Gasteiger partial charge in [0.1, 0.15) is 5.82 Å². The number of anilines is 1. The van der Waals surface area contributed by atoms with Gasteiger partial charge in [-0.15, -0.1) is 0 Å². The van der Waals surface area contributed by atoms with Gasteiger partial charge in [0.2, 0.25) is 11.8 Å². The Morgan fingerprint density at radius 1 is 1.00 bits per heavy atom. The van der Waals surface area contributed by atoms with E-state index in [0.29, 0.717) is 22.3 Å². The van der Waals surface area contributed by atoms with Crippen LogP contribution in [0, 0.1) is 17.6 Å². The maximum atomic E-state index is 13.6. The van der Waals surface area contributed by atoms with E-state index in [-0.39, 0.29) is 23.2 Å². The van der Waals surface area contributed by atoms with Crippen LogP contribution in [0.5, 0.6) is 0 Å². The number of benzene rings is 1. The number of carbonyl (C=O) groups excluding carboxylic acids is 2. The summed E-state index contributed by atoms with van der Waals surface area (Å²) in [5, 5.41) is 2.75. The van der Waals surface area contributed by atoms with Crippen molar-refractivity contribution in [2.75, 3.05) is 5.32 Å². The average molecular weight is 394 g/mol. The molecule has 2 amide bonds. The summed E-state index contributed by atoms with van der Waals surface area (Å²) >= 11 is 0. The van der Waals surface area contributed by atoms with Gasteiger partial charge >= 0.3 is 0 Å². The molecule has 1 aliphatic rings. The number of nitrogens with one attached hydrogen (secondary N) is 1. The maximum absolute atomic E-state index is 13.6. The Morgan fingerprint density at radius 3 is 2.45 bits per heavy atom. The second-order valence-electron chi connectivity index (χ2n) is 6.80. The summed E-state index contributed by atoms with van der Waals surface area (Å²) in [7, 11) is 0. The predicted octanol–water partition coefficient (Wildman–Crippen LogP) is 3.54. The van der Waals surface area contributed by atoms with E-state index in [1.807, 2.05) is 0 Å². The lowest BCUT2D eigenvalue weighted by Crippen LogP contribution is -2.18. The van der Waals surface area contributed by atoms with Crippen molar-refractivity contribution < 1.29 is 18.4 Å². The molecule has 0 unspecified atom stereocenters. The van der Waals surface area contributed by atoms with E-state index in [2.05, 4.69) is 15.3 Å². The maximum Gasteiger partial charge on any atom is 0.249 e. The third-order valence-corrected chi connectivity index (χ3v) is 4.69. The quantitative estimate of drug-likeness (QED) is 0.692. The molecule has 2 heterocycles. The van der Waals surface area contributed by atoms with E-state index in [4.69, 9.17) is 5.73 Å². The predicted molar refractivity (Wildman–Crippen MR) is 103 cm³/mol. The molecule has 0 atom stereocenters. The van der Waals surface area contributed by atoms with Crippen LogP contribution >= 0.6 is 0 Å². The molecular formula is C21H16F2N4O2. The Kier molecular flexibility index (Phi) is 4.75. The molecule has 2 aromatic heterocycles. The van der Waals surface area contributed by atoms with Gasteiger partial charge in [0.15, 0.2) is 11.6 Å². The zero-order valence-electron chi connectivity index (χ0n) is 15.2. The number of amides is 2. The SMILES string of the molecule is NC(=O)c1ccnc(NC(=O)C2CC2)c1-c1cncc(-c2ccc(F)c(F)c2)c1. The highest BCUT2D eigenvalue weighted by atomic mass is 19.2. The molecule has 8 heteroatoms. The molecule has 3 aromatic rings. The van der Waals surface area contributed by atoms with E-state index in [1.54, 1.807) is 6.07 Å². The number of nitrogens with zero attached hydrogens (tertiary/aromatic N) is 2. The largest absolute Gasteiger partial charge is 0.366 e. The molecule has 1 aromatic carbocycles. The van der Waals surface area contributed by atoms with Gasteiger partial charge in [-0.25, -0.2) is 13.8 Å². The van der Waals surface area contributed by atoms with Gasteiger partial charge in [-0.05, 0) is 42.7 Å². The second-order valence-corrected chi connectivity index (χ2v) is 6.80. The summed E-state index contributed by atoms with van der Waals surface area (Å²) in [6.45, 7) is 0. The number of aromatic nitrogens is 2. The van der Waals surface area contributed by atoms with Crippen LogP contribution < -0.4 is 11.1 Å². The average Bonchev–Trinajstić information content (AvgIpc) is 3.55. The van der Waals surface area contributed by atoms with Gasteiger partial charge < -0.3 is 11.1 Å². The molecular weight excluding hydrogens is 378 g/mol. The zero-order valence-corrected chi connectivity index (χ0v) is 15.2. The summed E-state index contributed by atoms with van der Waals surface area (Å²) < 4.78 is 26.9. The third kappa shape index (κ3) is 3.82. The number of hydrogen-bond acceptors (Lipinski definition) is 4. The Hall–Kier alpha value is -3.68. The number of nitrogens with two attached hydrogens (primary N) is 1. The Labute approximate surface area is 164 Å². The molecule has 1 saturated carbocycles. The van der Waals surface area contributed by atoms with Gasteiger partial charge in [0.05, 0.1) is 5.56 Å². The second kappa shape index (κ2) is 7.38. The standard InChI is InChI=1S/C21H16F2N4O2/c22-16-4-3-12(8-17(16)23)13-7-14(10-25-9-13)18-15(19(24)28)5-6-26-20(18)27-21(29)11-1-2-11/h3-11H,1-2H2,(H2,24,28)(H,26,27,29). The van der Waals surface area contributed by atoms with E-state index in [9.17, 15) is 18.4 Å². The first-order valence-corrected chi connectivity index (χ1v) is 8.94. The van der Waals surface area contributed by atoms with Crippen molar-refractivity contribution >= 4 is 17.6 Å². The number of rotatable bonds is 5. The Morgan fingerprint density at radius 2 is 1.76 bits per heavy atom. The van der Waals surface area contributed by atoms with Crippen molar-refractivity contribution in [2.45, 2.75) is 12.8 Å². The first-order valence-electron chi connectivity index (χ1n) is 8.94. The molecule has 3 N–H and O–H groups in total. The lowest BCUT2D eigenvalue weighted by atomic mass is 9.98. The minimum atomic E-state index is -0.982. The summed E-state index contributed by atoms with van der Waals surface area (Å²) in [6.07, 6.45) is 5.98. The number of pyridine rings is 2. The number of carbonyl (C=O) groups is 2. The van der Waals surface area contributed by atoms with Gasteiger partial charge in [-0.1, -0.05) is 6.07 Å². The molecule has 146 valence electrons. The number of primary amides is 1. The molecule has 0 bridgehead atoms. The van der Waals surface area contributed by atoms with Gasteiger partial charge in [-0.3, -0.25) is 14.6 Å². The normalized spacial score (nSPS) is 13.2. The minimum absolute atomic E-state index is 0.0615. The molecule has 0 radical (unpaired) electrons. The topological polar surface area (TPSA) is 98.0 Å². The first-order chi connectivity index (χ1) is 13.9. The molecule has 4 rings (SSSR count). The van der Waals surface area contributed by atoms with Crippen molar-refractivity contribution in [2.24, 2.45) is 11.7 Å². The summed E-state index contributed by atoms with van der Waals surface area (Å²) in [4.78, 5) is 32.6. The zero-order chi connectivity index (χ0) is 20.5. The van der Waals surface area contributed by atoms with Crippen LogP contribution in [0.2, 0.25) is 0 Å². The Balaban J connectivity index is 1.81. The molecule has 6 nitrogen and oxygen atoms in total. The molecule has 1 fully saturated rings. The van der Waals surface area contributed by atoms with Crippen LogP contribution in [0.25, 0.3) is 22.3 Å². The molecule has 0 spiro atoms. The molecule has 1 aliphatic carbocycles. The highest BCUT2D eigenvalue weighted by Crippen LogP contribution is 2.35. The Bertz CT molecular complexity index is 1130. The molecule has 0 aliphatic heterocycles. The van der Waals surface area contributed by atoms with E-state index in [1.165, 1.54) is 30.7 Å². The highest BCUT2D eigenvalue weighted by Gasteiger charge is 2.31. The van der Waals surface area contributed by atoms with E-state index >= 15 is 0 Å². The highest BCUT2D eigenvalue weighted by molar-refractivity contribution is 6.05. The first kappa shape index (κ1) is 18.7. The van der Waals surface area contributed by atoms with Crippen molar-refractivity contribution in [3.05, 3.63) is 66.1 Å². The van der Waals surface area contributed by atoms with Crippen LogP contribution in [-0.2, 0) is 4.79 Å². The van der Waals surface area contributed by atoms with Gasteiger partial charge in [0.25, 0.3) is 0 Å². The van der Waals surface area contributed by atoms with Crippen LogP contribution in [-0.4, -0.2) is 21.8 Å². The summed E-state index contributed by atoms with van der Waals surface area (Å²) in [5.41, 5.74) is 7.37. The molecule has 29 heavy (non-hydrogen) atoms.